The molecule has 1 aromatic rings. The molecule has 1 aliphatic rings. The molecule has 2 heteroatoms. The monoisotopic (exact) mass is 261 g/mol. The fourth-order valence-corrected chi connectivity index (χ4v) is 2.81. The van der Waals surface area contributed by atoms with Crippen molar-refractivity contribution < 1.29 is 4.74 Å². The molecule has 1 unspecified atom stereocenters. The van der Waals surface area contributed by atoms with E-state index in [1.807, 2.05) is 7.05 Å². The molecule has 0 bridgehead atoms. The largest absolute Gasteiger partial charge is 0.490 e. The van der Waals surface area contributed by atoms with Gasteiger partial charge in [0.05, 0.1) is 6.10 Å². The molecule has 0 saturated heterocycles. The summed E-state index contributed by atoms with van der Waals surface area (Å²) in [7, 11) is 2.00. The second-order valence-electron chi connectivity index (χ2n) is 5.78. The van der Waals surface area contributed by atoms with Crippen LogP contribution in [0.5, 0.6) is 5.75 Å². The Hall–Kier alpha value is -1.02. The predicted molar refractivity (Wildman–Crippen MR) is 80.8 cm³/mol. The van der Waals surface area contributed by atoms with Gasteiger partial charge in [-0.3, -0.25) is 0 Å². The van der Waals surface area contributed by atoms with Gasteiger partial charge in [-0.25, -0.2) is 0 Å². The van der Waals surface area contributed by atoms with Crippen molar-refractivity contribution >= 4 is 0 Å². The maximum absolute atomic E-state index is 6.30. The Morgan fingerprint density at radius 2 is 1.84 bits per heavy atom. The zero-order chi connectivity index (χ0) is 13.7. The van der Waals surface area contributed by atoms with Gasteiger partial charge >= 0.3 is 0 Å². The van der Waals surface area contributed by atoms with Crippen LogP contribution in [0.15, 0.2) is 18.2 Å². The summed E-state index contributed by atoms with van der Waals surface area (Å²) < 4.78 is 6.30. The Balaban J connectivity index is 2.13. The third kappa shape index (κ3) is 3.97. The van der Waals surface area contributed by atoms with Gasteiger partial charge in [0.2, 0.25) is 0 Å². The van der Waals surface area contributed by atoms with E-state index in [1.165, 1.54) is 49.7 Å². The fraction of sp³-hybridized carbons (Fsp3) is 0.647. The second-order valence-corrected chi connectivity index (χ2v) is 5.78. The molecular weight excluding hydrogens is 234 g/mol. The lowest BCUT2D eigenvalue weighted by Crippen LogP contribution is -2.19. The number of ether oxygens (including phenoxy) is 1. The molecule has 1 N–H and O–H groups in total. The third-order valence-electron chi connectivity index (χ3n) is 4.16. The quantitative estimate of drug-likeness (QED) is 0.812. The molecule has 1 fully saturated rings. The fourth-order valence-electron chi connectivity index (χ4n) is 2.81. The van der Waals surface area contributed by atoms with Gasteiger partial charge in [0.1, 0.15) is 5.75 Å². The van der Waals surface area contributed by atoms with Gasteiger partial charge < -0.3 is 10.1 Å². The van der Waals surface area contributed by atoms with Crippen LogP contribution in [0, 0.1) is 6.92 Å². The number of aryl methyl sites for hydroxylation is 1. The summed E-state index contributed by atoms with van der Waals surface area (Å²) in [4.78, 5) is 0. The average molecular weight is 261 g/mol. The molecule has 2 nitrogen and oxygen atoms in total. The van der Waals surface area contributed by atoms with Crippen LogP contribution in [0.2, 0.25) is 0 Å². The summed E-state index contributed by atoms with van der Waals surface area (Å²) in [6.45, 7) is 4.33. The predicted octanol–water partition coefficient (Wildman–Crippen LogP) is 4.38. The van der Waals surface area contributed by atoms with Crippen LogP contribution in [-0.2, 0) is 0 Å². The molecule has 0 heterocycles. The molecule has 1 aromatic carbocycles. The van der Waals surface area contributed by atoms with Gasteiger partial charge in [-0.1, -0.05) is 30.5 Å². The molecule has 0 aliphatic heterocycles. The summed E-state index contributed by atoms with van der Waals surface area (Å²) in [6.07, 6.45) is 8.19. The Bertz CT molecular complexity index is 394. The minimum absolute atomic E-state index is 0.334. The van der Waals surface area contributed by atoms with E-state index in [1.54, 1.807) is 0 Å². The van der Waals surface area contributed by atoms with E-state index in [4.69, 9.17) is 4.74 Å². The molecule has 0 radical (unpaired) electrons. The second kappa shape index (κ2) is 6.95. The molecule has 0 spiro atoms. The van der Waals surface area contributed by atoms with Crippen LogP contribution in [0.4, 0.5) is 0 Å². The molecule has 0 amide bonds. The first kappa shape index (κ1) is 14.4. The van der Waals surface area contributed by atoms with E-state index in [9.17, 15) is 0 Å². The molecule has 2 rings (SSSR count). The molecule has 1 atom stereocenters. The van der Waals surface area contributed by atoms with Crippen molar-refractivity contribution in [3.63, 3.8) is 0 Å². The number of benzene rings is 1. The van der Waals surface area contributed by atoms with Gasteiger partial charge in [0.25, 0.3) is 0 Å². The van der Waals surface area contributed by atoms with Gasteiger partial charge in [0, 0.05) is 11.6 Å². The van der Waals surface area contributed by atoms with Crippen molar-refractivity contribution in [2.75, 3.05) is 7.05 Å². The van der Waals surface area contributed by atoms with E-state index in [-0.39, 0.29) is 0 Å². The summed E-state index contributed by atoms with van der Waals surface area (Å²) in [6, 6.07) is 6.87. The smallest absolute Gasteiger partial charge is 0.124 e. The number of hydrogen-bond acceptors (Lipinski definition) is 2. The van der Waals surface area contributed by atoms with Gasteiger partial charge in [-0.2, -0.15) is 0 Å². The van der Waals surface area contributed by atoms with E-state index in [0.717, 1.165) is 5.75 Å². The Morgan fingerprint density at radius 1 is 1.16 bits per heavy atom. The maximum atomic E-state index is 6.30. The first-order valence-electron chi connectivity index (χ1n) is 7.65. The summed E-state index contributed by atoms with van der Waals surface area (Å²) >= 11 is 0. The van der Waals surface area contributed by atoms with Gasteiger partial charge in [-0.15, -0.1) is 0 Å². The van der Waals surface area contributed by atoms with Crippen LogP contribution in [0.25, 0.3) is 0 Å². The molecule has 106 valence electrons. The summed E-state index contributed by atoms with van der Waals surface area (Å²) in [5.74, 6) is 1.07. The number of nitrogens with one attached hydrogen (secondary N) is 1. The summed E-state index contributed by atoms with van der Waals surface area (Å²) in [5.41, 5.74) is 2.58. The standard InChI is InChI=1S/C17H27NO/c1-13-10-11-17(16(12-13)14(2)18-3)19-15-8-6-4-5-7-9-15/h10-12,14-15,18H,4-9H2,1-3H3. The normalized spacial score (nSPS) is 18.9. The zero-order valence-electron chi connectivity index (χ0n) is 12.5. The lowest BCUT2D eigenvalue weighted by molar-refractivity contribution is 0.181. The Labute approximate surface area is 117 Å². The highest BCUT2D eigenvalue weighted by molar-refractivity contribution is 5.39. The summed E-state index contributed by atoms with van der Waals surface area (Å²) in [5, 5.41) is 3.32. The SMILES string of the molecule is CNC(C)c1cc(C)ccc1OC1CCCCCC1. The topological polar surface area (TPSA) is 21.3 Å². The van der Waals surface area contributed by atoms with E-state index in [0.29, 0.717) is 12.1 Å². The molecular formula is C17H27NO. The molecule has 1 saturated carbocycles. The van der Waals surface area contributed by atoms with Crippen LogP contribution in [0.1, 0.15) is 62.6 Å². The molecule has 0 aromatic heterocycles. The van der Waals surface area contributed by atoms with E-state index >= 15 is 0 Å². The zero-order valence-corrected chi connectivity index (χ0v) is 12.5. The minimum atomic E-state index is 0.334. The highest BCUT2D eigenvalue weighted by Gasteiger charge is 2.17. The molecule has 1 aliphatic carbocycles. The minimum Gasteiger partial charge on any atom is -0.490 e. The van der Waals surface area contributed by atoms with Crippen molar-refractivity contribution in [2.45, 2.75) is 64.5 Å². The average Bonchev–Trinajstić information content (AvgIpc) is 2.68. The Kier molecular flexibility index (Phi) is 5.26. The van der Waals surface area contributed by atoms with Gasteiger partial charge in [0.15, 0.2) is 0 Å². The van der Waals surface area contributed by atoms with Crippen molar-refractivity contribution in [3.8, 4) is 5.75 Å². The van der Waals surface area contributed by atoms with Crippen LogP contribution >= 0.6 is 0 Å². The first-order valence-corrected chi connectivity index (χ1v) is 7.65. The number of rotatable bonds is 4. The van der Waals surface area contributed by atoms with Crippen LogP contribution in [-0.4, -0.2) is 13.2 Å². The van der Waals surface area contributed by atoms with Gasteiger partial charge in [-0.05, 0) is 52.6 Å². The first-order chi connectivity index (χ1) is 9.20. The number of hydrogen-bond donors (Lipinski definition) is 1. The van der Waals surface area contributed by atoms with Crippen molar-refractivity contribution in [3.05, 3.63) is 29.3 Å². The highest BCUT2D eigenvalue weighted by Crippen LogP contribution is 2.29. The van der Waals surface area contributed by atoms with E-state index in [2.05, 4.69) is 37.4 Å². The maximum Gasteiger partial charge on any atom is 0.124 e. The van der Waals surface area contributed by atoms with Crippen molar-refractivity contribution in [1.29, 1.82) is 0 Å². The molecule has 19 heavy (non-hydrogen) atoms. The lowest BCUT2D eigenvalue weighted by atomic mass is 10.0. The lowest BCUT2D eigenvalue weighted by Gasteiger charge is -2.22. The highest BCUT2D eigenvalue weighted by atomic mass is 16.5. The van der Waals surface area contributed by atoms with Crippen LogP contribution in [0.3, 0.4) is 0 Å². The van der Waals surface area contributed by atoms with Crippen molar-refractivity contribution in [1.82, 2.24) is 5.32 Å². The van der Waals surface area contributed by atoms with Crippen molar-refractivity contribution in [2.24, 2.45) is 0 Å². The van der Waals surface area contributed by atoms with E-state index < -0.39 is 0 Å². The third-order valence-corrected chi connectivity index (χ3v) is 4.16. The Morgan fingerprint density at radius 3 is 2.47 bits per heavy atom. The van der Waals surface area contributed by atoms with Crippen LogP contribution < -0.4 is 10.1 Å².